The minimum atomic E-state index is -0.816. The number of anilines is 1. The molecular formula is C12H15N3O4. The molecule has 1 aromatic heterocycles. The molecule has 19 heavy (non-hydrogen) atoms. The number of aliphatic carboxylic acids is 1. The molecule has 0 amide bonds. The molecule has 7 nitrogen and oxygen atoms in total. The number of carboxylic acids is 1. The van der Waals surface area contributed by atoms with E-state index in [4.69, 9.17) is 9.47 Å². The fourth-order valence-electron chi connectivity index (χ4n) is 2.77. The van der Waals surface area contributed by atoms with Gasteiger partial charge in [-0.1, -0.05) is 0 Å². The van der Waals surface area contributed by atoms with E-state index in [1.165, 1.54) is 0 Å². The number of methoxy groups -OCH3 is 1. The quantitative estimate of drug-likeness (QED) is 0.824. The number of aromatic nitrogens is 2. The van der Waals surface area contributed by atoms with Crippen molar-refractivity contribution in [2.75, 3.05) is 38.3 Å². The fourth-order valence-corrected chi connectivity index (χ4v) is 2.77. The van der Waals surface area contributed by atoms with Gasteiger partial charge in [-0.05, 0) is 0 Å². The molecule has 2 aliphatic heterocycles. The summed E-state index contributed by atoms with van der Waals surface area (Å²) in [7, 11) is 1.55. The average molecular weight is 265 g/mol. The molecule has 7 heteroatoms. The maximum absolute atomic E-state index is 11.5. The van der Waals surface area contributed by atoms with E-state index in [1.807, 2.05) is 4.90 Å². The van der Waals surface area contributed by atoms with Gasteiger partial charge in [0.25, 0.3) is 0 Å². The minimum absolute atomic E-state index is 0.00398. The van der Waals surface area contributed by atoms with Crippen molar-refractivity contribution in [3.8, 4) is 5.75 Å². The van der Waals surface area contributed by atoms with Crippen LogP contribution in [0.1, 0.15) is 0 Å². The summed E-state index contributed by atoms with van der Waals surface area (Å²) in [5.41, 5.74) is -0.816. The van der Waals surface area contributed by atoms with Gasteiger partial charge in [0.05, 0.1) is 32.7 Å². The summed E-state index contributed by atoms with van der Waals surface area (Å²) in [4.78, 5) is 21.8. The van der Waals surface area contributed by atoms with Gasteiger partial charge in [-0.3, -0.25) is 4.79 Å². The van der Waals surface area contributed by atoms with Gasteiger partial charge in [0.2, 0.25) is 5.95 Å². The highest BCUT2D eigenvalue weighted by Crippen LogP contribution is 2.42. The van der Waals surface area contributed by atoms with E-state index in [2.05, 4.69) is 9.97 Å². The lowest BCUT2D eigenvalue weighted by Crippen LogP contribution is -2.39. The zero-order chi connectivity index (χ0) is 13.5. The molecule has 2 saturated heterocycles. The molecule has 102 valence electrons. The van der Waals surface area contributed by atoms with Crippen molar-refractivity contribution < 1.29 is 19.4 Å². The van der Waals surface area contributed by atoms with Crippen LogP contribution in [0.4, 0.5) is 5.95 Å². The van der Waals surface area contributed by atoms with Gasteiger partial charge >= 0.3 is 5.97 Å². The highest BCUT2D eigenvalue weighted by atomic mass is 16.5. The van der Waals surface area contributed by atoms with Crippen molar-refractivity contribution >= 4 is 11.9 Å². The van der Waals surface area contributed by atoms with Gasteiger partial charge in [-0.2, -0.15) is 0 Å². The van der Waals surface area contributed by atoms with Crippen LogP contribution in [0.15, 0.2) is 12.4 Å². The van der Waals surface area contributed by atoms with Crippen LogP contribution in [0.3, 0.4) is 0 Å². The lowest BCUT2D eigenvalue weighted by atomic mass is 9.81. The molecule has 2 fully saturated rings. The third kappa shape index (κ3) is 1.81. The first-order chi connectivity index (χ1) is 9.15. The van der Waals surface area contributed by atoms with Gasteiger partial charge in [-0.25, -0.2) is 9.97 Å². The number of rotatable bonds is 3. The Bertz CT molecular complexity index is 492. The van der Waals surface area contributed by atoms with E-state index in [0.717, 1.165) is 0 Å². The molecule has 0 aromatic carbocycles. The number of fused-ring (bicyclic) bond motifs is 1. The molecule has 0 bridgehead atoms. The third-order valence-electron chi connectivity index (χ3n) is 3.93. The Morgan fingerprint density at radius 3 is 2.89 bits per heavy atom. The molecule has 2 atom stereocenters. The average Bonchev–Trinajstić information content (AvgIpc) is 2.96. The molecule has 0 spiro atoms. The van der Waals surface area contributed by atoms with E-state index in [1.54, 1.807) is 19.5 Å². The van der Waals surface area contributed by atoms with E-state index >= 15 is 0 Å². The second kappa shape index (κ2) is 4.34. The Morgan fingerprint density at radius 2 is 2.32 bits per heavy atom. The highest BCUT2D eigenvalue weighted by molar-refractivity contribution is 5.77. The van der Waals surface area contributed by atoms with Crippen LogP contribution in [-0.4, -0.2) is 54.5 Å². The molecule has 2 aliphatic rings. The topological polar surface area (TPSA) is 84.8 Å². The molecule has 3 rings (SSSR count). The standard InChI is InChI=1S/C12H15N3O4/c1-18-9-2-13-11(14-3-9)15-4-8-5-19-7-12(8,6-15)10(16)17/h2-3,8H,4-7H2,1H3,(H,16,17)/t8-,12-/m1/s1. The van der Waals surface area contributed by atoms with E-state index in [-0.39, 0.29) is 12.5 Å². The Kier molecular flexibility index (Phi) is 2.78. The summed E-state index contributed by atoms with van der Waals surface area (Å²) < 4.78 is 10.3. The lowest BCUT2D eigenvalue weighted by molar-refractivity contribution is -0.149. The normalized spacial score (nSPS) is 29.3. The molecule has 0 radical (unpaired) electrons. The van der Waals surface area contributed by atoms with Crippen molar-refractivity contribution in [2.45, 2.75) is 0 Å². The maximum atomic E-state index is 11.5. The van der Waals surface area contributed by atoms with E-state index < -0.39 is 11.4 Å². The predicted octanol–water partition coefficient (Wildman–Crippen LogP) is 0.0226. The van der Waals surface area contributed by atoms with Crippen LogP contribution in [0.5, 0.6) is 5.75 Å². The van der Waals surface area contributed by atoms with Crippen molar-refractivity contribution in [3.05, 3.63) is 12.4 Å². The lowest BCUT2D eigenvalue weighted by Gasteiger charge is -2.21. The SMILES string of the molecule is COc1cnc(N2C[C@@H]3COC[C@]3(C(=O)O)C2)nc1. The molecule has 0 saturated carbocycles. The second-order valence-corrected chi connectivity index (χ2v) is 4.98. The summed E-state index contributed by atoms with van der Waals surface area (Å²) >= 11 is 0. The number of carbonyl (C=O) groups is 1. The first kappa shape index (κ1) is 12.2. The molecule has 3 heterocycles. The Balaban J connectivity index is 1.83. The maximum Gasteiger partial charge on any atom is 0.314 e. The van der Waals surface area contributed by atoms with Crippen molar-refractivity contribution in [1.82, 2.24) is 9.97 Å². The van der Waals surface area contributed by atoms with Crippen LogP contribution >= 0.6 is 0 Å². The van der Waals surface area contributed by atoms with Gasteiger partial charge < -0.3 is 19.5 Å². The first-order valence-electron chi connectivity index (χ1n) is 6.08. The van der Waals surface area contributed by atoms with Crippen LogP contribution in [0, 0.1) is 11.3 Å². The van der Waals surface area contributed by atoms with Crippen LogP contribution in [0.25, 0.3) is 0 Å². The van der Waals surface area contributed by atoms with Gasteiger partial charge in [0.15, 0.2) is 5.75 Å². The Morgan fingerprint density at radius 1 is 1.58 bits per heavy atom. The smallest absolute Gasteiger partial charge is 0.314 e. The number of hydrogen-bond acceptors (Lipinski definition) is 6. The summed E-state index contributed by atoms with van der Waals surface area (Å²) in [6.07, 6.45) is 3.17. The third-order valence-corrected chi connectivity index (χ3v) is 3.93. The number of hydrogen-bond donors (Lipinski definition) is 1. The Labute approximate surface area is 110 Å². The number of nitrogens with zero attached hydrogens (tertiary/aromatic N) is 3. The summed E-state index contributed by atoms with van der Waals surface area (Å²) in [5, 5.41) is 9.45. The summed E-state index contributed by atoms with van der Waals surface area (Å²) in [6.45, 7) is 1.75. The molecular weight excluding hydrogens is 250 g/mol. The first-order valence-corrected chi connectivity index (χ1v) is 6.08. The van der Waals surface area contributed by atoms with E-state index in [9.17, 15) is 9.90 Å². The summed E-state index contributed by atoms with van der Waals surface area (Å²) in [5.74, 6) is 0.317. The zero-order valence-electron chi connectivity index (χ0n) is 10.6. The van der Waals surface area contributed by atoms with Crippen LogP contribution in [-0.2, 0) is 9.53 Å². The van der Waals surface area contributed by atoms with Crippen molar-refractivity contribution in [2.24, 2.45) is 11.3 Å². The summed E-state index contributed by atoms with van der Waals surface area (Å²) in [6, 6.07) is 0. The van der Waals surface area contributed by atoms with Gasteiger partial charge in [0.1, 0.15) is 5.41 Å². The zero-order valence-corrected chi connectivity index (χ0v) is 10.6. The Hall–Kier alpha value is -1.89. The largest absolute Gasteiger partial charge is 0.494 e. The van der Waals surface area contributed by atoms with Crippen LogP contribution < -0.4 is 9.64 Å². The fraction of sp³-hybridized carbons (Fsp3) is 0.583. The van der Waals surface area contributed by atoms with Gasteiger partial charge in [-0.15, -0.1) is 0 Å². The monoisotopic (exact) mass is 265 g/mol. The number of ether oxygens (including phenoxy) is 2. The van der Waals surface area contributed by atoms with E-state index in [0.29, 0.717) is 31.4 Å². The molecule has 1 aromatic rings. The predicted molar refractivity (Wildman–Crippen MR) is 65.2 cm³/mol. The van der Waals surface area contributed by atoms with Gasteiger partial charge in [0, 0.05) is 19.0 Å². The molecule has 1 N–H and O–H groups in total. The van der Waals surface area contributed by atoms with Crippen molar-refractivity contribution in [3.63, 3.8) is 0 Å². The minimum Gasteiger partial charge on any atom is -0.494 e. The van der Waals surface area contributed by atoms with Crippen LogP contribution in [0.2, 0.25) is 0 Å². The number of carboxylic acid groups (broad SMARTS) is 1. The highest BCUT2D eigenvalue weighted by Gasteiger charge is 2.56. The molecule has 0 unspecified atom stereocenters. The second-order valence-electron chi connectivity index (χ2n) is 4.98. The van der Waals surface area contributed by atoms with Crippen molar-refractivity contribution in [1.29, 1.82) is 0 Å². The molecule has 0 aliphatic carbocycles.